The van der Waals surface area contributed by atoms with E-state index in [2.05, 4.69) is 4.98 Å². The summed E-state index contributed by atoms with van der Waals surface area (Å²) < 4.78 is 5.26. The predicted molar refractivity (Wildman–Crippen MR) is 84.8 cm³/mol. The van der Waals surface area contributed by atoms with E-state index in [1.54, 1.807) is 29.4 Å². The van der Waals surface area contributed by atoms with Gasteiger partial charge >= 0.3 is 6.09 Å². The zero-order valence-electron chi connectivity index (χ0n) is 12.6. The summed E-state index contributed by atoms with van der Waals surface area (Å²) in [4.78, 5) is 31.4. The smallest absolute Gasteiger partial charge is 0.410 e. The number of hydrogen-bond donors (Lipinski definition) is 0. The van der Waals surface area contributed by atoms with Crippen LogP contribution in [0.25, 0.3) is 0 Å². The fourth-order valence-corrected chi connectivity index (χ4v) is 2.44. The summed E-state index contributed by atoms with van der Waals surface area (Å²) in [6.45, 7) is 1.12. The Bertz CT molecular complexity index is 676. The van der Waals surface area contributed by atoms with E-state index in [9.17, 15) is 9.59 Å². The van der Waals surface area contributed by atoms with Gasteiger partial charge in [0.1, 0.15) is 13.2 Å². The van der Waals surface area contributed by atoms with Gasteiger partial charge in [-0.05, 0) is 17.7 Å². The first-order chi connectivity index (χ1) is 11.2. The van der Waals surface area contributed by atoms with Gasteiger partial charge in [-0.3, -0.25) is 14.7 Å². The van der Waals surface area contributed by atoms with Crippen molar-refractivity contribution in [3.8, 4) is 0 Å². The molecule has 1 aromatic heterocycles. The highest BCUT2D eigenvalue weighted by Crippen LogP contribution is 2.16. The Balaban J connectivity index is 1.55. The van der Waals surface area contributed by atoms with Crippen molar-refractivity contribution in [1.82, 2.24) is 9.88 Å². The Hall–Kier alpha value is -2.89. The van der Waals surface area contributed by atoms with Crippen molar-refractivity contribution >= 4 is 17.7 Å². The first-order valence-electron chi connectivity index (χ1n) is 7.40. The number of carbonyl (C=O) groups excluding carboxylic acids is 2. The summed E-state index contributed by atoms with van der Waals surface area (Å²) in [5.74, 6) is -0.126. The highest BCUT2D eigenvalue weighted by Gasteiger charge is 2.28. The Morgan fingerprint density at radius 1 is 1.09 bits per heavy atom. The van der Waals surface area contributed by atoms with Crippen molar-refractivity contribution in [3.63, 3.8) is 0 Å². The molecule has 0 saturated carbocycles. The maximum Gasteiger partial charge on any atom is 0.410 e. The number of rotatable bonds is 3. The van der Waals surface area contributed by atoms with Crippen LogP contribution in [0.1, 0.15) is 5.56 Å². The minimum atomic E-state index is -0.461. The number of nitrogens with zero attached hydrogens (tertiary/aromatic N) is 3. The lowest BCUT2D eigenvalue weighted by molar-refractivity contribution is -0.120. The molecule has 1 fully saturated rings. The Morgan fingerprint density at radius 2 is 1.83 bits per heavy atom. The van der Waals surface area contributed by atoms with Gasteiger partial charge in [-0.1, -0.05) is 30.3 Å². The second-order valence-electron chi connectivity index (χ2n) is 5.21. The van der Waals surface area contributed by atoms with Crippen LogP contribution in [-0.4, -0.2) is 41.5 Å². The van der Waals surface area contributed by atoms with Gasteiger partial charge in [0.25, 0.3) is 0 Å². The summed E-state index contributed by atoms with van der Waals surface area (Å²) in [7, 11) is 0. The number of pyridine rings is 1. The lowest BCUT2D eigenvalue weighted by Gasteiger charge is -2.33. The molecule has 0 aliphatic carbocycles. The van der Waals surface area contributed by atoms with E-state index in [1.807, 2.05) is 30.3 Å². The molecule has 0 radical (unpaired) electrons. The van der Waals surface area contributed by atoms with Gasteiger partial charge in [0.05, 0.1) is 0 Å². The molecule has 1 aliphatic rings. The highest BCUT2D eigenvalue weighted by atomic mass is 16.6. The number of benzene rings is 1. The first kappa shape index (κ1) is 15.0. The summed E-state index contributed by atoms with van der Waals surface area (Å²) in [5.41, 5.74) is 1.71. The maximum atomic E-state index is 12.2. The number of aromatic nitrogens is 1. The van der Waals surface area contributed by atoms with Gasteiger partial charge in [0.15, 0.2) is 0 Å². The summed E-state index contributed by atoms with van der Waals surface area (Å²) in [6, 6.07) is 13.0. The van der Waals surface area contributed by atoms with Crippen LogP contribution in [0.15, 0.2) is 54.9 Å². The predicted octanol–water partition coefficient (Wildman–Crippen LogP) is 2.07. The SMILES string of the molecule is O=C(OCc1ccccc1)N1CCN(c2ccncc2)C(=O)C1. The topological polar surface area (TPSA) is 62.7 Å². The standard InChI is InChI=1S/C17H17N3O3/c21-16-12-19(10-11-20(16)15-6-8-18-9-7-15)17(22)23-13-14-4-2-1-3-5-14/h1-9H,10-13H2. The van der Waals surface area contributed by atoms with Crippen molar-refractivity contribution in [3.05, 3.63) is 60.4 Å². The zero-order chi connectivity index (χ0) is 16.1. The van der Waals surface area contributed by atoms with Gasteiger partial charge in [-0.15, -0.1) is 0 Å². The van der Waals surface area contributed by atoms with Crippen molar-refractivity contribution in [2.24, 2.45) is 0 Å². The van der Waals surface area contributed by atoms with E-state index < -0.39 is 6.09 Å². The number of hydrogen-bond acceptors (Lipinski definition) is 4. The van der Waals surface area contributed by atoms with Crippen LogP contribution in [0.3, 0.4) is 0 Å². The quantitative estimate of drug-likeness (QED) is 0.870. The largest absolute Gasteiger partial charge is 0.445 e. The van der Waals surface area contributed by atoms with Gasteiger partial charge in [0.2, 0.25) is 5.91 Å². The summed E-state index contributed by atoms with van der Waals surface area (Å²) in [5, 5.41) is 0. The van der Waals surface area contributed by atoms with E-state index >= 15 is 0 Å². The molecule has 6 heteroatoms. The third kappa shape index (κ3) is 3.66. The average Bonchev–Trinajstić information content (AvgIpc) is 2.61. The lowest BCUT2D eigenvalue weighted by Crippen LogP contribution is -2.52. The lowest BCUT2D eigenvalue weighted by atomic mass is 10.2. The first-order valence-corrected chi connectivity index (χ1v) is 7.40. The van der Waals surface area contributed by atoms with Gasteiger partial charge in [-0.25, -0.2) is 4.79 Å². The van der Waals surface area contributed by atoms with Crippen LogP contribution in [-0.2, 0) is 16.1 Å². The summed E-state index contributed by atoms with van der Waals surface area (Å²) in [6.07, 6.45) is 2.82. The van der Waals surface area contributed by atoms with Crippen molar-refractivity contribution in [1.29, 1.82) is 0 Å². The van der Waals surface area contributed by atoms with Gasteiger partial charge < -0.3 is 9.64 Å². The van der Waals surface area contributed by atoms with Crippen LogP contribution in [0, 0.1) is 0 Å². The third-order valence-electron chi connectivity index (χ3n) is 3.66. The van der Waals surface area contributed by atoms with E-state index in [4.69, 9.17) is 4.74 Å². The molecular weight excluding hydrogens is 294 g/mol. The Labute approximate surface area is 134 Å². The number of anilines is 1. The molecule has 0 atom stereocenters. The van der Waals surface area contributed by atoms with Gasteiger partial charge in [-0.2, -0.15) is 0 Å². The molecule has 1 saturated heterocycles. The van der Waals surface area contributed by atoms with Crippen molar-refractivity contribution < 1.29 is 14.3 Å². The minimum absolute atomic E-state index is 0.0238. The second-order valence-corrected chi connectivity index (χ2v) is 5.21. The van der Waals surface area contributed by atoms with Crippen molar-refractivity contribution in [2.75, 3.05) is 24.5 Å². The fraction of sp³-hybridized carbons (Fsp3) is 0.235. The Kier molecular flexibility index (Phi) is 4.52. The molecule has 1 aromatic carbocycles. The van der Waals surface area contributed by atoms with Crippen LogP contribution in [0.4, 0.5) is 10.5 Å². The monoisotopic (exact) mass is 311 g/mol. The summed E-state index contributed by atoms with van der Waals surface area (Å²) >= 11 is 0. The average molecular weight is 311 g/mol. The molecule has 2 amide bonds. The van der Waals surface area contributed by atoms with E-state index in [0.29, 0.717) is 13.1 Å². The molecule has 118 valence electrons. The Morgan fingerprint density at radius 3 is 2.52 bits per heavy atom. The van der Waals surface area contributed by atoms with E-state index in [-0.39, 0.29) is 19.1 Å². The fourth-order valence-electron chi connectivity index (χ4n) is 2.44. The van der Waals surface area contributed by atoms with Crippen LogP contribution < -0.4 is 4.90 Å². The number of ether oxygens (including phenoxy) is 1. The van der Waals surface area contributed by atoms with E-state index in [1.165, 1.54) is 4.90 Å². The molecule has 3 rings (SSSR count). The number of amides is 2. The number of carbonyl (C=O) groups is 2. The molecule has 0 unspecified atom stereocenters. The third-order valence-corrected chi connectivity index (χ3v) is 3.66. The number of piperazine rings is 1. The molecule has 23 heavy (non-hydrogen) atoms. The van der Waals surface area contributed by atoms with E-state index in [0.717, 1.165) is 11.3 Å². The minimum Gasteiger partial charge on any atom is -0.445 e. The molecule has 0 spiro atoms. The molecule has 6 nitrogen and oxygen atoms in total. The molecule has 2 aromatic rings. The molecular formula is C17H17N3O3. The van der Waals surface area contributed by atoms with Gasteiger partial charge in [0, 0.05) is 31.2 Å². The van der Waals surface area contributed by atoms with Crippen LogP contribution in [0.5, 0.6) is 0 Å². The zero-order valence-corrected chi connectivity index (χ0v) is 12.6. The molecule has 1 aliphatic heterocycles. The normalized spacial score (nSPS) is 14.7. The maximum absolute atomic E-state index is 12.2. The van der Waals surface area contributed by atoms with Crippen LogP contribution >= 0.6 is 0 Å². The highest BCUT2D eigenvalue weighted by molar-refractivity contribution is 5.97. The molecule has 0 bridgehead atoms. The van der Waals surface area contributed by atoms with Crippen molar-refractivity contribution in [2.45, 2.75) is 6.61 Å². The molecule has 2 heterocycles. The second kappa shape index (κ2) is 6.91. The van der Waals surface area contributed by atoms with Crippen LogP contribution in [0.2, 0.25) is 0 Å². The molecule has 0 N–H and O–H groups in total.